The molecule has 19 heavy (non-hydrogen) atoms. The van der Waals surface area contributed by atoms with Gasteiger partial charge in [0.2, 0.25) is 0 Å². The summed E-state index contributed by atoms with van der Waals surface area (Å²) < 4.78 is 3.13. The van der Waals surface area contributed by atoms with E-state index in [0.717, 1.165) is 27.8 Å². The quantitative estimate of drug-likeness (QED) is 0.804. The molecule has 3 aromatic rings. The Kier molecular flexibility index (Phi) is 3.36. The lowest BCUT2D eigenvalue weighted by Crippen LogP contribution is -2.00. The Labute approximate surface area is 119 Å². The van der Waals surface area contributed by atoms with Crippen LogP contribution in [0.2, 0.25) is 0 Å². The number of nitrogens with zero attached hydrogens (tertiary/aromatic N) is 2. The summed E-state index contributed by atoms with van der Waals surface area (Å²) in [6.07, 6.45) is 3.86. The maximum atomic E-state index is 9.22. The van der Waals surface area contributed by atoms with Crippen molar-refractivity contribution in [2.75, 3.05) is 0 Å². The third-order valence-electron chi connectivity index (χ3n) is 3.14. The Bertz CT molecular complexity index is 704. The van der Waals surface area contributed by atoms with E-state index in [9.17, 15) is 5.11 Å². The Hall–Kier alpha value is -1.65. The van der Waals surface area contributed by atoms with Crippen molar-refractivity contribution in [1.29, 1.82) is 0 Å². The lowest BCUT2D eigenvalue weighted by Gasteiger charge is -2.06. The molecule has 1 aromatic carbocycles. The number of aromatic nitrogens is 2. The third-order valence-corrected chi connectivity index (χ3v) is 3.61. The van der Waals surface area contributed by atoms with Crippen LogP contribution in [0.3, 0.4) is 0 Å². The van der Waals surface area contributed by atoms with E-state index < -0.39 is 0 Å². The summed E-state index contributed by atoms with van der Waals surface area (Å²) in [7, 11) is 0. The van der Waals surface area contributed by atoms with Crippen molar-refractivity contribution in [3.05, 3.63) is 64.5 Å². The fourth-order valence-electron chi connectivity index (χ4n) is 2.14. The average molecular weight is 317 g/mol. The molecular weight excluding hydrogens is 304 g/mol. The number of hydrogen-bond acceptors (Lipinski definition) is 2. The summed E-state index contributed by atoms with van der Waals surface area (Å²) in [6, 6.07) is 12.1. The van der Waals surface area contributed by atoms with E-state index in [4.69, 9.17) is 0 Å². The molecule has 0 aliphatic rings. The zero-order valence-electron chi connectivity index (χ0n) is 10.3. The summed E-state index contributed by atoms with van der Waals surface area (Å²) >= 11 is 3.38. The molecule has 96 valence electrons. The molecule has 0 saturated carbocycles. The van der Waals surface area contributed by atoms with Crippen molar-refractivity contribution in [2.24, 2.45) is 0 Å². The van der Waals surface area contributed by atoms with Crippen molar-refractivity contribution >= 4 is 26.8 Å². The van der Waals surface area contributed by atoms with Crippen molar-refractivity contribution in [3.63, 3.8) is 0 Å². The van der Waals surface area contributed by atoms with E-state index in [1.54, 1.807) is 6.20 Å². The van der Waals surface area contributed by atoms with E-state index in [1.165, 1.54) is 5.39 Å². The van der Waals surface area contributed by atoms with Crippen molar-refractivity contribution < 1.29 is 5.11 Å². The first kappa shape index (κ1) is 12.4. The van der Waals surface area contributed by atoms with Crippen LogP contribution in [0, 0.1) is 0 Å². The van der Waals surface area contributed by atoms with Gasteiger partial charge in [0.25, 0.3) is 0 Å². The van der Waals surface area contributed by atoms with Crippen LogP contribution in [0.5, 0.6) is 0 Å². The standard InChI is InChI=1S/C15H13BrN2O/c16-13-3-4-14(17-8-13)9-18-6-5-12-2-1-11(10-19)7-15(12)18/h1-8,19H,9-10H2. The minimum Gasteiger partial charge on any atom is -0.392 e. The lowest BCUT2D eigenvalue weighted by molar-refractivity contribution is 0.282. The van der Waals surface area contributed by atoms with Crippen LogP contribution in [0.15, 0.2) is 53.3 Å². The number of aliphatic hydroxyl groups excluding tert-OH is 1. The van der Waals surface area contributed by atoms with Crippen molar-refractivity contribution in [1.82, 2.24) is 9.55 Å². The van der Waals surface area contributed by atoms with Crippen LogP contribution in [0.1, 0.15) is 11.3 Å². The first-order valence-electron chi connectivity index (χ1n) is 6.05. The summed E-state index contributed by atoms with van der Waals surface area (Å²) in [5.74, 6) is 0. The molecule has 3 rings (SSSR count). The first-order valence-corrected chi connectivity index (χ1v) is 6.84. The highest BCUT2D eigenvalue weighted by atomic mass is 79.9. The molecule has 0 bridgehead atoms. The largest absolute Gasteiger partial charge is 0.392 e. The van der Waals surface area contributed by atoms with Gasteiger partial charge >= 0.3 is 0 Å². The Morgan fingerprint density at radius 3 is 2.79 bits per heavy atom. The predicted octanol–water partition coefficient (Wildman–Crippen LogP) is 3.34. The average Bonchev–Trinajstić information content (AvgIpc) is 2.84. The number of hydrogen-bond donors (Lipinski definition) is 1. The highest BCUT2D eigenvalue weighted by Crippen LogP contribution is 2.19. The van der Waals surface area contributed by atoms with Gasteiger partial charge in [0.15, 0.2) is 0 Å². The molecule has 0 saturated heterocycles. The molecule has 0 fully saturated rings. The van der Waals surface area contributed by atoms with Crippen LogP contribution in [-0.2, 0) is 13.2 Å². The molecule has 0 spiro atoms. The van der Waals surface area contributed by atoms with Crippen LogP contribution in [0.4, 0.5) is 0 Å². The van der Waals surface area contributed by atoms with Crippen LogP contribution in [0.25, 0.3) is 10.9 Å². The second kappa shape index (κ2) is 5.15. The first-order chi connectivity index (χ1) is 9.26. The molecule has 0 radical (unpaired) electrons. The number of aliphatic hydroxyl groups is 1. The molecule has 2 heterocycles. The van der Waals surface area contributed by atoms with Crippen LogP contribution >= 0.6 is 15.9 Å². The van der Waals surface area contributed by atoms with Gasteiger partial charge in [-0.2, -0.15) is 0 Å². The zero-order chi connectivity index (χ0) is 13.2. The third kappa shape index (κ3) is 2.55. The Morgan fingerprint density at radius 2 is 2.05 bits per heavy atom. The molecule has 0 atom stereocenters. The summed E-state index contributed by atoms with van der Waals surface area (Å²) in [5.41, 5.74) is 3.06. The summed E-state index contributed by atoms with van der Waals surface area (Å²) in [5, 5.41) is 10.4. The van der Waals surface area contributed by atoms with Gasteiger partial charge in [0.1, 0.15) is 0 Å². The maximum Gasteiger partial charge on any atom is 0.0682 e. The van der Waals surface area contributed by atoms with E-state index >= 15 is 0 Å². The van der Waals surface area contributed by atoms with Gasteiger partial charge < -0.3 is 9.67 Å². The van der Waals surface area contributed by atoms with E-state index in [2.05, 4.69) is 37.7 Å². The summed E-state index contributed by atoms with van der Waals surface area (Å²) in [6.45, 7) is 0.795. The van der Waals surface area contributed by atoms with Crippen LogP contribution < -0.4 is 0 Å². The molecule has 3 nitrogen and oxygen atoms in total. The van der Waals surface area contributed by atoms with Gasteiger partial charge in [-0.05, 0) is 51.1 Å². The van der Waals surface area contributed by atoms with Gasteiger partial charge in [0.05, 0.1) is 18.8 Å². The van der Waals surface area contributed by atoms with E-state index in [1.807, 2.05) is 30.3 Å². The second-order valence-electron chi connectivity index (χ2n) is 4.46. The number of benzene rings is 1. The van der Waals surface area contributed by atoms with E-state index in [-0.39, 0.29) is 6.61 Å². The van der Waals surface area contributed by atoms with Gasteiger partial charge in [-0.25, -0.2) is 0 Å². The number of fused-ring (bicyclic) bond motifs is 1. The molecule has 0 unspecified atom stereocenters. The Balaban J connectivity index is 1.98. The van der Waals surface area contributed by atoms with Crippen molar-refractivity contribution in [3.8, 4) is 0 Å². The molecule has 2 aromatic heterocycles. The zero-order valence-corrected chi connectivity index (χ0v) is 11.8. The second-order valence-corrected chi connectivity index (χ2v) is 5.38. The number of pyridine rings is 1. The fourth-order valence-corrected chi connectivity index (χ4v) is 2.37. The molecule has 0 aliphatic heterocycles. The highest BCUT2D eigenvalue weighted by Gasteiger charge is 2.04. The molecule has 0 amide bonds. The normalized spacial score (nSPS) is 11.1. The van der Waals surface area contributed by atoms with Gasteiger partial charge in [-0.15, -0.1) is 0 Å². The lowest BCUT2D eigenvalue weighted by atomic mass is 10.2. The maximum absolute atomic E-state index is 9.22. The molecule has 1 N–H and O–H groups in total. The Morgan fingerprint density at radius 1 is 1.16 bits per heavy atom. The van der Waals surface area contributed by atoms with Gasteiger partial charge in [0, 0.05) is 22.4 Å². The predicted molar refractivity (Wildman–Crippen MR) is 78.9 cm³/mol. The molecule has 0 aliphatic carbocycles. The fraction of sp³-hybridized carbons (Fsp3) is 0.133. The molecular formula is C15H13BrN2O. The topological polar surface area (TPSA) is 38.0 Å². The monoisotopic (exact) mass is 316 g/mol. The highest BCUT2D eigenvalue weighted by molar-refractivity contribution is 9.10. The smallest absolute Gasteiger partial charge is 0.0682 e. The minimum atomic E-state index is 0.0671. The number of halogens is 1. The summed E-state index contributed by atoms with van der Waals surface area (Å²) in [4.78, 5) is 4.39. The molecule has 4 heteroatoms. The minimum absolute atomic E-state index is 0.0671. The van der Waals surface area contributed by atoms with Gasteiger partial charge in [-0.1, -0.05) is 12.1 Å². The number of rotatable bonds is 3. The SMILES string of the molecule is OCc1ccc2ccn(Cc3ccc(Br)cn3)c2c1. The van der Waals surface area contributed by atoms with Gasteiger partial charge in [-0.3, -0.25) is 4.98 Å². The van der Waals surface area contributed by atoms with E-state index in [0.29, 0.717) is 0 Å². The van der Waals surface area contributed by atoms with Crippen molar-refractivity contribution in [2.45, 2.75) is 13.2 Å². The van der Waals surface area contributed by atoms with Crippen LogP contribution in [-0.4, -0.2) is 14.7 Å².